The van der Waals surface area contributed by atoms with Crippen molar-refractivity contribution >= 4 is 0 Å². The Kier molecular flexibility index (Phi) is 7.66. The van der Waals surface area contributed by atoms with E-state index < -0.39 is 17.3 Å². The van der Waals surface area contributed by atoms with Crippen LogP contribution in [0.1, 0.15) is 113 Å². The molecule has 202 valence electrons. The molecular weight excluding hydrogens is 436 g/mol. The standard InChI is InChI=1S/C31H54O4/c1-20(9-8-16-28(2,3)33)22-12-13-23-21-10-11-25-27(32)26(35-19-29(4,5)34)15-18-31(25,7)24(21)14-17-30(22,23)6/h11,20-24,26-27,32-34H,8-10,12-19H2,1-7H3/t20-,21+,22-,23+,24+,26+,27-,30-,31-/m1/s1. The third-order valence-corrected chi connectivity index (χ3v) is 11.0. The molecular formula is C31H54O4. The van der Waals surface area contributed by atoms with E-state index in [1.165, 1.54) is 37.7 Å². The van der Waals surface area contributed by atoms with E-state index in [2.05, 4.69) is 26.8 Å². The summed E-state index contributed by atoms with van der Waals surface area (Å²) in [7, 11) is 0. The SMILES string of the molecule is C[C@H](CCCC(C)(C)O)[C@H]1CC[C@H]2[C@@H]3CC=C4[C@@H](O)[C@@H](OCC(C)(C)O)CC[C@]4(C)[C@H]3CC[C@]12C. The van der Waals surface area contributed by atoms with Crippen molar-refractivity contribution in [3.05, 3.63) is 11.6 Å². The number of rotatable bonds is 8. The van der Waals surface area contributed by atoms with Crippen LogP contribution in [0.25, 0.3) is 0 Å². The fourth-order valence-electron chi connectivity index (χ4n) is 9.22. The Labute approximate surface area is 214 Å². The predicted molar refractivity (Wildman–Crippen MR) is 142 cm³/mol. The van der Waals surface area contributed by atoms with Gasteiger partial charge in [0.05, 0.1) is 23.9 Å². The van der Waals surface area contributed by atoms with Crippen molar-refractivity contribution in [1.29, 1.82) is 0 Å². The van der Waals surface area contributed by atoms with Gasteiger partial charge in [-0.2, -0.15) is 0 Å². The Bertz CT molecular complexity index is 776. The molecule has 3 saturated carbocycles. The zero-order valence-corrected chi connectivity index (χ0v) is 23.6. The first-order valence-electron chi connectivity index (χ1n) is 14.6. The van der Waals surface area contributed by atoms with Crippen molar-refractivity contribution in [2.24, 2.45) is 40.4 Å². The van der Waals surface area contributed by atoms with Crippen LogP contribution >= 0.6 is 0 Å². The number of fused-ring (bicyclic) bond motifs is 5. The zero-order chi connectivity index (χ0) is 25.8. The molecule has 4 aliphatic rings. The molecule has 3 fully saturated rings. The summed E-state index contributed by atoms with van der Waals surface area (Å²) in [6, 6.07) is 0. The lowest BCUT2D eigenvalue weighted by molar-refractivity contribution is -0.120. The summed E-state index contributed by atoms with van der Waals surface area (Å²) < 4.78 is 6.01. The number of hydrogen-bond donors (Lipinski definition) is 3. The summed E-state index contributed by atoms with van der Waals surface area (Å²) in [6.07, 6.45) is 13.3. The van der Waals surface area contributed by atoms with Gasteiger partial charge in [0, 0.05) is 0 Å². The summed E-state index contributed by atoms with van der Waals surface area (Å²) in [6.45, 7) is 15.2. The summed E-state index contributed by atoms with van der Waals surface area (Å²) in [4.78, 5) is 0. The maximum Gasteiger partial charge on any atom is 0.102 e. The summed E-state index contributed by atoms with van der Waals surface area (Å²) in [5.41, 5.74) is 0.316. The van der Waals surface area contributed by atoms with Crippen molar-refractivity contribution in [2.75, 3.05) is 6.61 Å². The normalized spacial score (nSPS) is 42.6. The molecule has 0 unspecified atom stereocenters. The van der Waals surface area contributed by atoms with Gasteiger partial charge in [0.1, 0.15) is 6.10 Å². The first-order valence-corrected chi connectivity index (χ1v) is 14.6. The molecule has 35 heavy (non-hydrogen) atoms. The molecule has 0 aromatic carbocycles. The first-order chi connectivity index (χ1) is 16.2. The quantitative estimate of drug-likeness (QED) is 0.351. The molecule has 4 rings (SSSR count). The molecule has 4 aliphatic carbocycles. The van der Waals surface area contributed by atoms with E-state index in [-0.39, 0.29) is 18.1 Å². The van der Waals surface area contributed by atoms with Crippen LogP contribution in [-0.4, -0.2) is 45.3 Å². The molecule has 0 aliphatic heterocycles. The maximum absolute atomic E-state index is 11.3. The highest BCUT2D eigenvalue weighted by molar-refractivity contribution is 5.29. The van der Waals surface area contributed by atoms with E-state index in [0.29, 0.717) is 11.3 Å². The van der Waals surface area contributed by atoms with E-state index in [4.69, 9.17) is 4.74 Å². The van der Waals surface area contributed by atoms with E-state index in [0.717, 1.165) is 55.8 Å². The monoisotopic (exact) mass is 490 g/mol. The minimum Gasteiger partial charge on any atom is -0.390 e. The number of ether oxygens (including phenoxy) is 1. The van der Waals surface area contributed by atoms with Gasteiger partial charge in [0.2, 0.25) is 0 Å². The molecule has 4 nitrogen and oxygen atoms in total. The molecule has 0 aromatic rings. The van der Waals surface area contributed by atoms with Crippen LogP contribution in [0.5, 0.6) is 0 Å². The zero-order valence-electron chi connectivity index (χ0n) is 23.6. The second kappa shape index (κ2) is 9.71. The number of aliphatic hydroxyl groups excluding tert-OH is 1. The van der Waals surface area contributed by atoms with Gasteiger partial charge < -0.3 is 20.1 Å². The van der Waals surface area contributed by atoms with Crippen molar-refractivity contribution in [3.63, 3.8) is 0 Å². The molecule has 3 N–H and O–H groups in total. The van der Waals surface area contributed by atoms with Crippen LogP contribution in [0.15, 0.2) is 11.6 Å². The van der Waals surface area contributed by atoms with Crippen LogP contribution in [0.3, 0.4) is 0 Å². The van der Waals surface area contributed by atoms with Crippen LogP contribution < -0.4 is 0 Å². The largest absolute Gasteiger partial charge is 0.390 e. The summed E-state index contributed by atoms with van der Waals surface area (Å²) >= 11 is 0. The number of hydrogen-bond acceptors (Lipinski definition) is 4. The Morgan fingerprint density at radius 2 is 1.71 bits per heavy atom. The molecule has 0 heterocycles. The Balaban J connectivity index is 1.46. The van der Waals surface area contributed by atoms with E-state index in [1.807, 2.05) is 13.8 Å². The van der Waals surface area contributed by atoms with Gasteiger partial charge in [-0.3, -0.25) is 0 Å². The number of aliphatic hydroxyl groups is 3. The highest BCUT2D eigenvalue weighted by atomic mass is 16.5. The minimum atomic E-state index is -0.870. The second-order valence-corrected chi connectivity index (χ2v) is 14.7. The molecule has 0 saturated heterocycles. The van der Waals surface area contributed by atoms with E-state index in [9.17, 15) is 15.3 Å². The maximum atomic E-state index is 11.3. The van der Waals surface area contributed by atoms with E-state index in [1.54, 1.807) is 13.8 Å². The Morgan fingerprint density at radius 1 is 1.00 bits per heavy atom. The highest BCUT2D eigenvalue weighted by Crippen LogP contribution is 2.67. The van der Waals surface area contributed by atoms with Crippen molar-refractivity contribution in [3.8, 4) is 0 Å². The first kappa shape index (κ1) is 27.6. The van der Waals surface area contributed by atoms with Crippen LogP contribution in [-0.2, 0) is 4.74 Å². The third kappa shape index (κ3) is 5.42. The molecule has 0 aromatic heterocycles. The lowest BCUT2D eigenvalue weighted by Gasteiger charge is -2.59. The topological polar surface area (TPSA) is 69.9 Å². The lowest BCUT2D eigenvalue weighted by atomic mass is 9.46. The van der Waals surface area contributed by atoms with Crippen LogP contribution in [0, 0.1) is 40.4 Å². The molecule has 4 heteroatoms. The molecule has 0 amide bonds. The van der Waals surface area contributed by atoms with Crippen molar-refractivity contribution < 1.29 is 20.1 Å². The van der Waals surface area contributed by atoms with Gasteiger partial charge in [0.15, 0.2) is 0 Å². The summed E-state index contributed by atoms with van der Waals surface area (Å²) in [5, 5.41) is 31.6. The van der Waals surface area contributed by atoms with Gasteiger partial charge in [-0.1, -0.05) is 39.7 Å². The molecule has 9 atom stereocenters. The average Bonchev–Trinajstić information content (AvgIpc) is 3.09. The van der Waals surface area contributed by atoms with Gasteiger partial charge in [-0.25, -0.2) is 0 Å². The Hall–Kier alpha value is -0.420. The second-order valence-electron chi connectivity index (χ2n) is 14.7. The fourth-order valence-corrected chi connectivity index (χ4v) is 9.22. The summed E-state index contributed by atoms with van der Waals surface area (Å²) in [5.74, 6) is 3.70. The predicted octanol–water partition coefficient (Wildman–Crippen LogP) is 6.27. The average molecular weight is 491 g/mol. The van der Waals surface area contributed by atoms with Crippen molar-refractivity contribution in [1.82, 2.24) is 0 Å². The van der Waals surface area contributed by atoms with Gasteiger partial charge in [-0.05, 0) is 125 Å². The highest BCUT2D eigenvalue weighted by Gasteiger charge is 2.60. The lowest BCUT2D eigenvalue weighted by Crippen LogP contribution is -2.54. The van der Waals surface area contributed by atoms with Gasteiger partial charge >= 0.3 is 0 Å². The third-order valence-electron chi connectivity index (χ3n) is 11.0. The molecule has 0 spiro atoms. The van der Waals surface area contributed by atoms with Gasteiger partial charge in [-0.15, -0.1) is 0 Å². The smallest absolute Gasteiger partial charge is 0.102 e. The number of allylic oxidation sites excluding steroid dienone is 1. The van der Waals surface area contributed by atoms with Gasteiger partial charge in [0.25, 0.3) is 0 Å². The fraction of sp³-hybridized carbons (Fsp3) is 0.935. The minimum absolute atomic E-state index is 0.0780. The Morgan fingerprint density at radius 3 is 2.37 bits per heavy atom. The molecule has 0 radical (unpaired) electrons. The molecule has 0 bridgehead atoms. The van der Waals surface area contributed by atoms with Crippen molar-refractivity contribution in [2.45, 2.75) is 136 Å². The van der Waals surface area contributed by atoms with Crippen LogP contribution in [0.4, 0.5) is 0 Å². The van der Waals surface area contributed by atoms with E-state index >= 15 is 0 Å². The van der Waals surface area contributed by atoms with Crippen LogP contribution in [0.2, 0.25) is 0 Å².